The zero-order valence-electron chi connectivity index (χ0n) is 10.5. The molecule has 0 unspecified atom stereocenters. The number of halogens is 1. The van der Waals surface area contributed by atoms with Crippen molar-refractivity contribution in [1.29, 1.82) is 0 Å². The van der Waals surface area contributed by atoms with E-state index in [1.807, 2.05) is 36.5 Å². The number of nitrogens with one attached hydrogen (secondary N) is 1. The molecule has 0 saturated heterocycles. The maximum absolute atomic E-state index is 11.4. The predicted molar refractivity (Wildman–Crippen MR) is 82.0 cm³/mol. The highest BCUT2D eigenvalue weighted by atomic mass is 35.5. The van der Waals surface area contributed by atoms with Gasteiger partial charge >= 0.3 is 0 Å². The first kappa shape index (κ1) is 13.2. The molecule has 0 spiro atoms. The van der Waals surface area contributed by atoms with Crippen LogP contribution in [0.1, 0.15) is 14.5 Å². The summed E-state index contributed by atoms with van der Waals surface area (Å²) in [5, 5.41) is 1.86. The van der Waals surface area contributed by atoms with Crippen LogP contribution in [-0.4, -0.2) is 10.5 Å². The second kappa shape index (κ2) is 5.28. The fourth-order valence-electron chi connectivity index (χ4n) is 2.12. The third-order valence-electron chi connectivity index (χ3n) is 3.08. The highest BCUT2D eigenvalue weighted by molar-refractivity contribution is 7.14. The molecule has 3 rings (SSSR count). The summed E-state index contributed by atoms with van der Waals surface area (Å²) in [6.45, 7) is 0.701. The van der Waals surface area contributed by atoms with E-state index in [-0.39, 0.29) is 5.91 Å². The predicted octanol–water partition coefficient (Wildman–Crippen LogP) is 3.01. The molecule has 0 bridgehead atoms. The van der Waals surface area contributed by atoms with Crippen LogP contribution in [0.15, 0.2) is 42.6 Å². The first-order valence-electron chi connectivity index (χ1n) is 6.01. The average molecular weight is 306 g/mol. The van der Waals surface area contributed by atoms with Gasteiger partial charge in [-0.2, -0.15) is 0 Å². The van der Waals surface area contributed by atoms with Crippen LogP contribution in [0.5, 0.6) is 0 Å². The number of hydrogen-bond donors (Lipinski definition) is 2. The number of rotatable bonds is 3. The molecular weight excluding hydrogens is 294 g/mol. The van der Waals surface area contributed by atoms with Gasteiger partial charge in [-0.05, 0) is 35.7 Å². The molecule has 20 heavy (non-hydrogen) atoms. The van der Waals surface area contributed by atoms with E-state index in [1.54, 1.807) is 6.07 Å². The summed E-state index contributed by atoms with van der Waals surface area (Å²) in [4.78, 5) is 13.1. The maximum atomic E-state index is 11.4. The highest BCUT2D eigenvalue weighted by Gasteiger charge is 2.09. The number of thiophene rings is 1. The molecule has 6 heteroatoms. The number of fused-ring (bicyclic) bond motifs is 1. The Balaban J connectivity index is 1.91. The van der Waals surface area contributed by atoms with Crippen molar-refractivity contribution >= 4 is 39.7 Å². The van der Waals surface area contributed by atoms with Gasteiger partial charge in [-0.3, -0.25) is 10.2 Å². The van der Waals surface area contributed by atoms with Crippen molar-refractivity contribution in [1.82, 2.24) is 9.99 Å². The Hall–Kier alpha value is -1.82. The molecule has 3 N–H and O–H groups in total. The number of carbonyl (C=O) groups is 1. The fourth-order valence-corrected chi connectivity index (χ4v) is 3.20. The van der Waals surface area contributed by atoms with E-state index >= 15 is 0 Å². The molecule has 4 nitrogen and oxygen atoms in total. The van der Waals surface area contributed by atoms with Gasteiger partial charge in [0.15, 0.2) is 0 Å². The Bertz CT molecular complexity index is 778. The number of nitrogens with two attached hydrogens (primary N) is 1. The van der Waals surface area contributed by atoms with E-state index in [4.69, 9.17) is 17.4 Å². The summed E-state index contributed by atoms with van der Waals surface area (Å²) < 4.78 is 2.11. The zero-order chi connectivity index (χ0) is 14.1. The lowest BCUT2D eigenvalue weighted by Crippen LogP contribution is -2.29. The molecular formula is C14H12ClN3OS. The Morgan fingerprint density at radius 1 is 1.30 bits per heavy atom. The summed E-state index contributed by atoms with van der Waals surface area (Å²) in [7, 11) is 0. The number of nitrogens with zero attached hydrogens (tertiary/aromatic N) is 1. The van der Waals surface area contributed by atoms with Gasteiger partial charge in [0, 0.05) is 21.6 Å². The van der Waals surface area contributed by atoms with Gasteiger partial charge in [-0.15, -0.1) is 11.3 Å². The second-order valence-electron chi connectivity index (χ2n) is 4.39. The smallest absolute Gasteiger partial charge is 0.275 e. The van der Waals surface area contributed by atoms with Crippen molar-refractivity contribution < 1.29 is 4.79 Å². The van der Waals surface area contributed by atoms with E-state index in [0.29, 0.717) is 16.4 Å². The molecule has 0 aliphatic rings. The second-order valence-corrected chi connectivity index (χ2v) is 5.99. The standard InChI is InChI=1S/C14H12ClN3OS/c15-10-2-1-9-5-6-18(12(9)7-10)8-11-3-4-13(20-11)14(19)17-16/h1-7H,8,16H2,(H,17,19). The number of nitrogen functional groups attached to an aromatic ring is 1. The first-order valence-corrected chi connectivity index (χ1v) is 7.21. The maximum Gasteiger partial charge on any atom is 0.275 e. The quantitative estimate of drug-likeness (QED) is 0.444. The lowest BCUT2D eigenvalue weighted by molar-refractivity contribution is 0.0957. The molecule has 1 amide bonds. The minimum atomic E-state index is -0.262. The van der Waals surface area contributed by atoms with E-state index < -0.39 is 0 Å². The number of carbonyl (C=O) groups excluding carboxylic acids is 1. The van der Waals surface area contributed by atoms with Crippen LogP contribution >= 0.6 is 22.9 Å². The first-order chi connectivity index (χ1) is 9.67. The van der Waals surface area contributed by atoms with Crippen LogP contribution in [0.2, 0.25) is 5.02 Å². The van der Waals surface area contributed by atoms with E-state index in [2.05, 4.69) is 9.99 Å². The van der Waals surface area contributed by atoms with Gasteiger partial charge in [0.25, 0.3) is 5.91 Å². The van der Waals surface area contributed by atoms with Gasteiger partial charge in [0.1, 0.15) is 0 Å². The third kappa shape index (κ3) is 2.43. The topological polar surface area (TPSA) is 60.0 Å². The summed E-state index contributed by atoms with van der Waals surface area (Å²) in [6, 6.07) is 11.6. The summed E-state index contributed by atoms with van der Waals surface area (Å²) >= 11 is 7.47. The van der Waals surface area contributed by atoms with Gasteiger partial charge in [-0.25, -0.2) is 5.84 Å². The largest absolute Gasteiger partial charge is 0.342 e. The summed E-state index contributed by atoms with van der Waals surface area (Å²) in [5.74, 6) is 4.87. The number of aromatic nitrogens is 1. The molecule has 0 aliphatic heterocycles. The van der Waals surface area contributed by atoms with E-state index in [0.717, 1.165) is 15.8 Å². The normalized spacial score (nSPS) is 10.9. The van der Waals surface area contributed by atoms with Crippen molar-refractivity contribution in [2.24, 2.45) is 5.84 Å². The lowest BCUT2D eigenvalue weighted by atomic mass is 10.2. The van der Waals surface area contributed by atoms with Gasteiger partial charge < -0.3 is 4.57 Å². The van der Waals surface area contributed by atoms with Crippen molar-refractivity contribution in [2.75, 3.05) is 0 Å². The molecule has 102 valence electrons. The SMILES string of the molecule is NNC(=O)c1ccc(Cn2ccc3ccc(Cl)cc32)s1. The molecule has 1 aromatic carbocycles. The molecule has 2 heterocycles. The molecule has 0 aliphatic carbocycles. The molecule has 0 radical (unpaired) electrons. The summed E-state index contributed by atoms with van der Waals surface area (Å²) in [5.41, 5.74) is 3.22. The summed E-state index contributed by atoms with van der Waals surface area (Å²) in [6.07, 6.45) is 2.02. The van der Waals surface area contributed by atoms with E-state index in [9.17, 15) is 4.79 Å². The lowest BCUT2D eigenvalue weighted by Gasteiger charge is -2.03. The number of amides is 1. The Morgan fingerprint density at radius 2 is 2.15 bits per heavy atom. The van der Waals surface area contributed by atoms with Gasteiger partial charge in [-0.1, -0.05) is 17.7 Å². The van der Waals surface area contributed by atoms with Gasteiger partial charge in [0.05, 0.1) is 11.4 Å². The van der Waals surface area contributed by atoms with Crippen molar-refractivity contribution in [3.63, 3.8) is 0 Å². The van der Waals surface area contributed by atoms with Crippen LogP contribution in [0.4, 0.5) is 0 Å². The van der Waals surface area contributed by atoms with Crippen LogP contribution < -0.4 is 11.3 Å². The Morgan fingerprint density at radius 3 is 2.95 bits per heavy atom. The van der Waals surface area contributed by atoms with Crippen LogP contribution in [-0.2, 0) is 6.54 Å². The molecule has 3 aromatic rings. The van der Waals surface area contributed by atoms with Crippen LogP contribution in [0, 0.1) is 0 Å². The van der Waals surface area contributed by atoms with Crippen molar-refractivity contribution in [2.45, 2.75) is 6.54 Å². The van der Waals surface area contributed by atoms with Crippen molar-refractivity contribution in [3.05, 3.63) is 57.4 Å². The Labute approximate surface area is 124 Å². The highest BCUT2D eigenvalue weighted by Crippen LogP contribution is 2.23. The number of hydrogen-bond acceptors (Lipinski definition) is 3. The molecule has 0 saturated carbocycles. The minimum absolute atomic E-state index is 0.262. The van der Waals surface area contributed by atoms with Crippen molar-refractivity contribution in [3.8, 4) is 0 Å². The average Bonchev–Trinajstić information content (AvgIpc) is 3.06. The number of hydrazine groups is 1. The molecule has 0 atom stereocenters. The molecule has 0 fully saturated rings. The minimum Gasteiger partial charge on any atom is -0.342 e. The monoisotopic (exact) mass is 305 g/mol. The van der Waals surface area contributed by atoms with Gasteiger partial charge in [0.2, 0.25) is 0 Å². The third-order valence-corrected chi connectivity index (χ3v) is 4.38. The van der Waals surface area contributed by atoms with E-state index in [1.165, 1.54) is 11.3 Å². The molecule has 2 aromatic heterocycles. The Kier molecular flexibility index (Phi) is 3.48. The zero-order valence-corrected chi connectivity index (χ0v) is 12.0. The van der Waals surface area contributed by atoms with Crippen LogP contribution in [0.3, 0.4) is 0 Å². The number of benzene rings is 1. The fraction of sp³-hybridized carbons (Fsp3) is 0.0714. The van der Waals surface area contributed by atoms with Crippen LogP contribution in [0.25, 0.3) is 10.9 Å².